The van der Waals surface area contributed by atoms with Crippen LogP contribution in [0.25, 0.3) is 0 Å². The average Bonchev–Trinajstić information content (AvgIpc) is 2.45. The topological polar surface area (TPSA) is 84.1 Å². The molecule has 21 heavy (non-hydrogen) atoms. The number of anilines is 1. The van der Waals surface area contributed by atoms with Crippen LogP contribution in [-0.4, -0.2) is 22.5 Å². The summed E-state index contributed by atoms with van der Waals surface area (Å²) in [6.07, 6.45) is 1.19. The van der Waals surface area contributed by atoms with E-state index in [2.05, 4.69) is 15.3 Å². The van der Waals surface area contributed by atoms with Crippen molar-refractivity contribution < 1.29 is 9.53 Å². The first-order chi connectivity index (χ1) is 10.1. The van der Waals surface area contributed by atoms with Crippen LogP contribution in [0, 0.1) is 0 Å². The van der Waals surface area contributed by atoms with E-state index >= 15 is 0 Å². The lowest BCUT2D eigenvalue weighted by Gasteiger charge is -2.06. The highest BCUT2D eigenvalue weighted by Gasteiger charge is 2.12. The highest BCUT2D eigenvalue weighted by atomic mass is 35.5. The molecule has 0 atom stereocenters. The molecular weight excluding hydrogens is 294 g/mol. The third kappa shape index (κ3) is 4.06. The molecule has 2 aromatic rings. The Balaban J connectivity index is 2.07. The number of aromatic amines is 1. The van der Waals surface area contributed by atoms with E-state index in [1.807, 2.05) is 12.1 Å². The molecule has 1 aromatic carbocycles. The first-order valence-corrected chi connectivity index (χ1v) is 6.72. The Morgan fingerprint density at radius 1 is 1.48 bits per heavy atom. The van der Waals surface area contributed by atoms with Crippen molar-refractivity contribution in [2.75, 3.05) is 11.9 Å². The van der Waals surface area contributed by atoms with Crippen LogP contribution in [0.15, 0.2) is 35.3 Å². The average molecular weight is 308 g/mol. The Morgan fingerprint density at radius 2 is 2.29 bits per heavy atom. The quantitative estimate of drug-likeness (QED) is 0.827. The maximum atomic E-state index is 11.8. The molecule has 1 heterocycles. The number of halogens is 1. The fourth-order valence-corrected chi connectivity index (χ4v) is 1.88. The van der Waals surface area contributed by atoms with E-state index in [4.69, 9.17) is 16.3 Å². The van der Waals surface area contributed by atoms with Gasteiger partial charge in [-0.25, -0.2) is 9.78 Å². The number of rotatable bonds is 5. The van der Waals surface area contributed by atoms with Crippen LogP contribution in [0.4, 0.5) is 5.95 Å². The van der Waals surface area contributed by atoms with E-state index in [0.717, 1.165) is 5.56 Å². The fourth-order valence-electron chi connectivity index (χ4n) is 1.67. The predicted molar refractivity (Wildman–Crippen MR) is 79.6 cm³/mol. The molecule has 0 bridgehead atoms. The highest BCUT2D eigenvalue weighted by Crippen LogP contribution is 2.11. The number of carbonyl (C=O) groups excluding carboxylic acids is 1. The summed E-state index contributed by atoms with van der Waals surface area (Å²) in [7, 11) is 0. The van der Waals surface area contributed by atoms with Gasteiger partial charge in [0.05, 0.1) is 12.8 Å². The summed E-state index contributed by atoms with van der Waals surface area (Å²) in [6, 6.07) is 7.31. The van der Waals surface area contributed by atoms with Crippen LogP contribution < -0.4 is 10.9 Å². The fraction of sp³-hybridized carbons (Fsp3) is 0.214. The van der Waals surface area contributed by atoms with Gasteiger partial charge < -0.3 is 10.1 Å². The molecule has 0 aliphatic rings. The van der Waals surface area contributed by atoms with Gasteiger partial charge in [-0.1, -0.05) is 23.7 Å². The maximum absolute atomic E-state index is 11.8. The molecule has 1 aromatic heterocycles. The monoisotopic (exact) mass is 307 g/mol. The van der Waals surface area contributed by atoms with Gasteiger partial charge in [-0.05, 0) is 24.6 Å². The molecule has 0 fully saturated rings. The van der Waals surface area contributed by atoms with Crippen molar-refractivity contribution in [3.05, 3.63) is 57.0 Å². The number of nitrogens with one attached hydrogen (secondary N) is 2. The summed E-state index contributed by atoms with van der Waals surface area (Å²) in [5.41, 5.74) is 0.279. The van der Waals surface area contributed by atoms with E-state index in [-0.39, 0.29) is 18.1 Å². The molecule has 0 unspecified atom stereocenters. The number of aromatic nitrogens is 2. The van der Waals surface area contributed by atoms with Crippen LogP contribution in [0.2, 0.25) is 5.02 Å². The second kappa shape index (κ2) is 6.90. The molecule has 0 amide bonds. The third-order valence-corrected chi connectivity index (χ3v) is 2.88. The van der Waals surface area contributed by atoms with Crippen molar-refractivity contribution in [2.24, 2.45) is 0 Å². The number of esters is 1. The molecule has 7 heteroatoms. The lowest BCUT2D eigenvalue weighted by molar-refractivity contribution is 0.0524. The summed E-state index contributed by atoms with van der Waals surface area (Å²) in [5, 5.41) is 3.58. The number of nitrogens with zero attached hydrogens (tertiary/aromatic N) is 1. The van der Waals surface area contributed by atoms with Crippen LogP contribution in [0.1, 0.15) is 22.8 Å². The first kappa shape index (κ1) is 15.1. The minimum Gasteiger partial charge on any atom is -0.462 e. The number of carbonyl (C=O) groups is 1. The summed E-state index contributed by atoms with van der Waals surface area (Å²) in [6.45, 7) is 2.32. The Labute approximate surface area is 126 Å². The van der Waals surface area contributed by atoms with Gasteiger partial charge >= 0.3 is 5.97 Å². The molecule has 2 rings (SSSR count). The van der Waals surface area contributed by atoms with Gasteiger partial charge in [-0.3, -0.25) is 9.78 Å². The smallest absolute Gasteiger partial charge is 0.345 e. The van der Waals surface area contributed by atoms with Crippen LogP contribution in [0.3, 0.4) is 0 Å². The Kier molecular flexibility index (Phi) is 4.94. The normalized spacial score (nSPS) is 10.2. The number of benzene rings is 1. The van der Waals surface area contributed by atoms with Crippen LogP contribution in [0.5, 0.6) is 0 Å². The van der Waals surface area contributed by atoms with Crippen molar-refractivity contribution in [1.82, 2.24) is 9.97 Å². The Bertz CT molecular complexity index is 700. The zero-order valence-corrected chi connectivity index (χ0v) is 12.1. The molecule has 110 valence electrons. The van der Waals surface area contributed by atoms with E-state index < -0.39 is 11.5 Å². The van der Waals surface area contributed by atoms with Crippen molar-refractivity contribution in [1.29, 1.82) is 0 Å². The molecule has 2 N–H and O–H groups in total. The number of hydrogen-bond acceptors (Lipinski definition) is 5. The summed E-state index contributed by atoms with van der Waals surface area (Å²) in [4.78, 5) is 29.7. The zero-order valence-electron chi connectivity index (χ0n) is 11.4. The largest absolute Gasteiger partial charge is 0.462 e. The van der Waals surface area contributed by atoms with E-state index in [1.54, 1.807) is 19.1 Å². The molecule has 0 spiro atoms. The van der Waals surface area contributed by atoms with Crippen molar-refractivity contribution >= 4 is 23.5 Å². The van der Waals surface area contributed by atoms with E-state index in [1.165, 1.54) is 6.20 Å². The standard InChI is InChI=1S/C14H14ClN3O3/c1-2-21-13(20)11-8-17-14(18-12(11)19)16-7-9-4-3-5-10(15)6-9/h3-6,8H,2,7H2,1H3,(H2,16,17,18,19). The van der Waals surface area contributed by atoms with Crippen molar-refractivity contribution in [2.45, 2.75) is 13.5 Å². The SMILES string of the molecule is CCOC(=O)c1cnc(NCc2cccc(Cl)c2)[nH]c1=O. The molecule has 0 aliphatic heterocycles. The summed E-state index contributed by atoms with van der Waals surface area (Å²) >= 11 is 5.88. The van der Waals surface area contributed by atoms with Gasteiger partial charge in [0.25, 0.3) is 5.56 Å². The molecule has 6 nitrogen and oxygen atoms in total. The second-order valence-electron chi connectivity index (χ2n) is 4.18. The summed E-state index contributed by atoms with van der Waals surface area (Å²) in [5.74, 6) is -0.416. The number of H-pyrrole nitrogens is 1. The molecule has 0 radical (unpaired) electrons. The lowest BCUT2D eigenvalue weighted by atomic mass is 10.2. The Morgan fingerprint density at radius 3 is 2.95 bits per heavy atom. The minimum atomic E-state index is -0.687. The van der Waals surface area contributed by atoms with Crippen LogP contribution >= 0.6 is 11.6 Å². The van der Waals surface area contributed by atoms with E-state index in [0.29, 0.717) is 11.6 Å². The molecule has 0 aliphatic carbocycles. The van der Waals surface area contributed by atoms with Gasteiger partial charge in [-0.2, -0.15) is 0 Å². The lowest BCUT2D eigenvalue weighted by Crippen LogP contribution is -2.22. The summed E-state index contributed by atoms with van der Waals surface area (Å²) < 4.78 is 4.76. The van der Waals surface area contributed by atoms with E-state index in [9.17, 15) is 9.59 Å². The number of hydrogen-bond donors (Lipinski definition) is 2. The predicted octanol–water partition coefficient (Wildman–Crippen LogP) is 2.21. The van der Waals surface area contributed by atoms with Gasteiger partial charge in [-0.15, -0.1) is 0 Å². The molecular formula is C14H14ClN3O3. The third-order valence-electron chi connectivity index (χ3n) is 2.64. The maximum Gasteiger partial charge on any atom is 0.345 e. The van der Waals surface area contributed by atoms with Gasteiger partial charge in [0, 0.05) is 11.6 Å². The van der Waals surface area contributed by atoms with Gasteiger partial charge in [0.2, 0.25) is 5.95 Å². The second-order valence-corrected chi connectivity index (χ2v) is 4.61. The first-order valence-electron chi connectivity index (χ1n) is 6.35. The van der Waals surface area contributed by atoms with Gasteiger partial charge in [0.15, 0.2) is 0 Å². The van der Waals surface area contributed by atoms with Crippen LogP contribution in [-0.2, 0) is 11.3 Å². The zero-order chi connectivity index (χ0) is 15.2. The van der Waals surface area contributed by atoms with Crippen molar-refractivity contribution in [3.63, 3.8) is 0 Å². The van der Waals surface area contributed by atoms with Crippen molar-refractivity contribution in [3.8, 4) is 0 Å². The minimum absolute atomic E-state index is 0.120. The molecule has 0 saturated heterocycles. The number of ether oxygens (including phenoxy) is 1. The Hall–Kier alpha value is -2.34. The molecule has 0 saturated carbocycles. The highest BCUT2D eigenvalue weighted by molar-refractivity contribution is 6.30. The van der Waals surface area contributed by atoms with Gasteiger partial charge in [0.1, 0.15) is 5.56 Å².